The van der Waals surface area contributed by atoms with Gasteiger partial charge in [-0.15, -0.1) is 0 Å². The molecule has 5 nitrogen and oxygen atoms in total. The molecule has 19 heavy (non-hydrogen) atoms. The minimum absolute atomic E-state index is 0.128. The van der Waals surface area contributed by atoms with Crippen LogP contribution in [-0.2, 0) is 4.79 Å². The van der Waals surface area contributed by atoms with Crippen molar-refractivity contribution in [3.05, 3.63) is 47.7 Å². The number of nitrogens with two attached hydrogens (primary N) is 1. The Hall–Kier alpha value is -2.27. The number of carbonyl (C=O) groups excluding carboxylic acids is 1. The Morgan fingerprint density at radius 2 is 2.11 bits per heavy atom. The Bertz CT molecular complexity index is 572. The number of amides is 1. The van der Waals surface area contributed by atoms with Crippen molar-refractivity contribution >= 4 is 28.9 Å². The first-order chi connectivity index (χ1) is 9.15. The van der Waals surface area contributed by atoms with E-state index in [9.17, 15) is 4.79 Å². The Morgan fingerprint density at radius 1 is 1.32 bits per heavy atom. The number of aromatic nitrogens is 1. The lowest BCUT2D eigenvalue weighted by Crippen LogP contribution is -2.20. The zero-order chi connectivity index (χ0) is 13.7. The molecule has 1 amide bonds. The van der Waals surface area contributed by atoms with Gasteiger partial charge in [-0.3, -0.25) is 4.79 Å². The minimum atomic E-state index is -0.299. The number of nitrogen functional groups attached to an aromatic ring is 1. The number of anilines is 2. The molecular weight excluding hydrogens is 266 g/mol. The standard InChI is InChI=1S/C13H12ClN3O2/c14-12-6-5-9(7-16-12)17-13(18)8-19-11-4-2-1-3-10(11)15/h1-7H,8,15H2,(H,17,18). The first kappa shape index (κ1) is 13.2. The van der Waals surface area contributed by atoms with Gasteiger partial charge in [-0.1, -0.05) is 23.7 Å². The number of rotatable bonds is 4. The Kier molecular flexibility index (Phi) is 4.20. The van der Waals surface area contributed by atoms with Crippen LogP contribution in [0.5, 0.6) is 5.75 Å². The number of hydrogen-bond donors (Lipinski definition) is 2. The van der Waals surface area contributed by atoms with Crippen LogP contribution < -0.4 is 15.8 Å². The van der Waals surface area contributed by atoms with Gasteiger partial charge in [0.2, 0.25) is 0 Å². The maximum Gasteiger partial charge on any atom is 0.262 e. The van der Waals surface area contributed by atoms with Gasteiger partial charge in [-0.2, -0.15) is 0 Å². The molecule has 0 saturated carbocycles. The Balaban J connectivity index is 1.88. The third kappa shape index (κ3) is 3.86. The van der Waals surface area contributed by atoms with Gasteiger partial charge in [0.05, 0.1) is 17.6 Å². The highest BCUT2D eigenvalue weighted by Crippen LogP contribution is 2.19. The number of hydrogen-bond acceptors (Lipinski definition) is 4. The summed E-state index contributed by atoms with van der Waals surface area (Å²) in [5.74, 6) is 0.180. The van der Waals surface area contributed by atoms with Gasteiger partial charge >= 0.3 is 0 Å². The third-order valence-electron chi connectivity index (χ3n) is 2.29. The van der Waals surface area contributed by atoms with Gasteiger partial charge in [0.25, 0.3) is 5.91 Å². The average molecular weight is 278 g/mol. The van der Waals surface area contributed by atoms with Crippen LogP contribution in [0.3, 0.4) is 0 Å². The summed E-state index contributed by atoms with van der Waals surface area (Å²) in [5.41, 5.74) is 6.74. The van der Waals surface area contributed by atoms with E-state index < -0.39 is 0 Å². The number of carbonyl (C=O) groups is 1. The van der Waals surface area contributed by atoms with Crippen molar-refractivity contribution in [2.45, 2.75) is 0 Å². The highest BCUT2D eigenvalue weighted by molar-refractivity contribution is 6.29. The average Bonchev–Trinajstić information content (AvgIpc) is 2.40. The van der Waals surface area contributed by atoms with Crippen molar-refractivity contribution in [3.63, 3.8) is 0 Å². The van der Waals surface area contributed by atoms with E-state index in [0.717, 1.165) is 0 Å². The van der Waals surface area contributed by atoms with Gasteiger partial charge in [0, 0.05) is 0 Å². The molecule has 0 unspecified atom stereocenters. The quantitative estimate of drug-likeness (QED) is 0.664. The van der Waals surface area contributed by atoms with Crippen LogP contribution in [-0.4, -0.2) is 17.5 Å². The predicted molar refractivity (Wildman–Crippen MR) is 74.2 cm³/mol. The molecule has 0 aliphatic carbocycles. The SMILES string of the molecule is Nc1ccccc1OCC(=O)Nc1ccc(Cl)nc1. The Labute approximate surface area is 115 Å². The lowest BCUT2D eigenvalue weighted by molar-refractivity contribution is -0.118. The van der Waals surface area contributed by atoms with E-state index in [1.165, 1.54) is 6.20 Å². The molecule has 1 aromatic carbocycles. The maximum absolute atomic E-state index is 11.6. The molecule has 2 aromatic rings. The van der Waals surface area contributed by atoms with Crippen molar-refractivity contribution in [2.24, 2.45) is 0 Å². The molecule has 98 valence electrons. The first-order valence-corrected chi connectivity index (χ1v) is 5.91. The molecule has 0 aliphatic heterocycles. The fraction of sp³-hybridized carbons (Fsp3) is 0.0769. The molecule has 6 heteroatoms. The number of para-hydroxylation sites is 2. The van der Waals surface area contributed by atoms with Crippen molar-refractivity contribution in [1.82, 2.24) is 4.98 Å². The van der Waals surface area contributed by atoms with Gasteiger partial charge < -0.3 is 15.8 Å². The number of benzene rings is 1. The maximum atomic E-state index is 11.6. The molecule has 1 heterocycles. The molecule has 2 rings (SSSR count). The van der Waals surface area contributed by atoms with Crippen LogP contribution in [0.4, 0.5) is 11.4 Å². The number of halogens is 1. The fourth-order valence-corrected chi connectivity index (χ4v) is 1.51. The zero-order valence-electron chi connectivity index (χ0n) is 9.97. The van der Waals surface area contributed by atoms with Crippen molar-refractivity contribution in [3.8, 4) is 5.75 Å². The molecule has 0 aliphatic rings. The van der Waals surface area contributed by atoms with Gasteiger partial charge in [-0.05, 0) is 24.3 Å². The summed E-state index contributed by atoms with van der Waals surface area (Å²) in [6.07, 6.45) is 1.47. The molecule has 0 atom stereocenters. The van der Waals surface area contributed by atoms with Gasteiger partial charge in [0.15, 0.2) is 6.61 Å². The van der Waals surface area contributed by atoms with Crippen molar-refractivity contribution in [2.75, 3.05) is 17.7 Å². The molecule has 0 spiro atoms. The second kappa shape index (κ2) is 6.06. The summed E-state index contributed by atoms with van der Waals surface area (Å²) >= 11 is 5.64. The topological polar surface area (TPSA) is 77.2 Å². The van der Waals surface area contributed by atoms with E-state index in [1.54, 1.807) is 36.4 Å². The number of nitrogens with zero attached hydrogens (tertiary/aromatic N) is 1. The first-order valence-electron chi connectivity index (χ1n) is 5.54. The van der Waals surface area contributed by atoms with Crippen LogP contribution in [0.15, 0.2) is 42.6 Å². The van der Waals surface area contributed by atoms with Gasteiger partial charge in [-0.25, -0.2) is 4.98 Å². The fourth-order valence-electron chi connectivity index (χ4n) is 1.40. The monoisotopic (exact) mass is 277 g/mol. The lowest BCUT2D eigenvalue weighted by Gasteiger charge is -2.08. The van der Waals surface area contributed by atoms with Crippen molar-refractivity contribution < 1.29 is 9.53 Å². The van der Waals surface area contributed by atoms with E-state index in [4.69, 9.17) is 22.1 Å². The van der Waals surface area contributed by atoms with E-state index in [2.05, 4.69) is 10.3 Å². The summed E-state index contributed by atoms with van der Waals surface area (Å²) in [7, 11) is 0. The molecule has 1 aromatic heterocycles. The second-order valence-corrected chi connectivity index (χ2v) is 4.13. The normalized spacial score (nSPS) is 9.95. The van der Waals surface area contributed by atoms with Crippen LogP contribution in [0.25, 0.3) is 0 Å². The summed E-state index contributed by atoms with van der Waals surface area (Å²) in [6, 6.07) is 10.2. The molecule has 0 saturated heterocycles. The van der Waals surface area contributed by atoms with E-state index in [-0.39, 0.29) is 12.5 Å². The lowest BCUT2D eigenvalue weighted by atomic mass is 10.3. The van der Waals surface area contributed by atoms with Crippen LogP contribution in [0.2, 0.25) is 5.15 Å². The summed E-state index contributed by atoms with van der Waals surface area (Å²) in [4.78, 5) is 15.5. The highest BCUT2D eigenvalue weighted by Gasteiger charge is 2.05. The zero-order valence-corrected chi connectivity index (χ0v) is 10.7. The summed E-state index contributed by atoms with van der Waals surface area (Å²) in [6.45, 7) is -0.128. The minimum Gasteiger partial charge on any atom is -0.482 e. The van der Waals surface area contributed by atoms with Crippen LogP contribution >= 0.6 is 11.6 Å². The second-order valence-electron chi connectivity index (χ2n) is 3.74. The molecule has 3 N–H and O–H groups in total. The number of ether oxygens (including phenoxy) is 1. The molecule has 0 bridgehead atoms. The summed E-state index contributed by atoms with van der Waals surface area (Å²) in [5, 5.41) is 3.00. The number of pyridine rings is 1. The van der Waals surface area contributed by atoms with E-state index in [1.807, 2.05) is 0 Å². The molecule has 0 radical (unpaired) electrons. The number of nitrogens with one attached hydrogen (secondary N) is 1. The smallest absolute Gasteiger partial charge is 0.262 e. The summed E-state index contributed by atoms with van der Waals surface area (Å²) < 4.78 is 5.31. The van der Waals surface area contributed by atoms with E-state index >= 15 is 0 Å². The predicted octanol–water partition coefficient (Wildman–Crippen LogP) is 2.33. The Morgan fingerprint density at radius 3 is 2.79 bits per heavy atom. The van der Waals surface area contributed by atoms with Crippen LogP contribution in [0.1, 0.15) is 0 Å². The van der Waals surface area contributed by atoms with E-state index in [0.29, 0.717) is 22.3 Å². The van der Waals surface area contributed by atoms with Gasteiger partial charge in [0.1, 0.15) is 10.9 Å². The third-order valence-corrected chi connectivity index (χ3v) is 2.51. The van der Waals surface area contributed by atoms with Crippen molar-refractivity contribution in [1.29, 1.82) is 0 Å². The largest absolute Gasteiger partial charge is 0.482 e. The molecule has 0 fully saturated rings. The highest BCUT2D eigenvalue weighted by atomic mass is 35.5. The molecular formula is C13H12ClN3O2. The van der Waals surface area contributed by atoms with Crippen LogP contribution in [0, 0.1) is 0 Å².